The van der Waals surface area contributed by atoms with Crippen LogP contribution in [0.3, 0.4) is 0 Å². The third-order valence-corrected chi connectivity index (χ3v) is 6.32. The lowest BCUT2D eigenvalue weighted by atomic mass is 9.81. The van der Waals surface area contributed by atoms with Crippen molar-refractivity contribution >= 4 is 17.1 Å². The molecular formula is C19H20N2. The Bertz CT molecular complexity index is 768. The first-order chi connectivity index (χ1) is 10.1. The van der Waals surface area contributed by atoms with Gasteiger partial charge in [-0.25, -0.2) is 0 Å². The van der Waals surface area contributed by atoms with Crippen LogP contribution in [0.1, 0.15) is 25.8 Å². The van der Waals surface area contributed by atoms with E-state index in [9.17, 15) is 0 Å². The van der Waals surface area contributed by atoms with Crippen LogP contribution in [-0.2, 0) is 5.41 Å². The SMILES string of the molecule is CN1c2ccccc2N2c3ccccc3C3(C)C[C@@]3(C)C12. The van der Waals surface area contributed by atoms with Crippen LogP contribution in [0.15, 0.2) is 48.5 Å². The number of anilines is 3. The van der Waals surface area contributed by atoms with E-state index in [0.29, 0.717) is 17.0 Å². The Morgan fingerprint density at radius 2 is 1.52 bits per heavy atom. The minimum atomic E-state index is 0.320. The van der Waals surface area contributed by atoms with Crippen LogP contribution in [0.2, 0.25) is 0 Å². The molecule has 0 amide bonds. The number of nitrogens with zero attached hydrogens (tertiary/aromatic N) is 2. The maximum Gasteiger partial charge on any atom is 0.112 e. The highest BCUT2D eigenvalue weighted by molar-refractivity contribution is 5.87. The second-order valence-electron chi connectivity index (χ2n) is 7.29. The van der Waals surface area contributed by atoms with E-state index in [1.54, 1.807) is 0 Å². The fourth-order valence-corrected chi connectivity index (χ4v) is 5.00. The second-order valence-corrected chi connectivity index (χ2v) is 7.29. The smallest absolute Gasteiger partial charge is 0.112 e. The Hall–Kier alpha value is -1.96. The zero-order chi connectivity index (χ0) is 14.4. The third kappa shape index (κ3) is 1.10. The molecule has 21 heavy (non-hydrogen) atoms. The first-order valence-corrected chi connectivity index (χ1v) is 7.78. The quantitative estimate of drug-likeness (QED) is 0.708. The molecule has 0 spiro atoms. The largest absolute Gasteiger partial charge is 0.352 e. The summed E-state index contributed by atoms with van der Waals surface area (Å²) in [4.78, 5) is 5.05. The number of rotatable bonds is 0. The van der Waals surface area contributed by atoms with Crippen LogP contribution in [0.4, 0.5) is 17.1 Å². The van der Waals surface area contributed by atoms with Crippen LogP contribution in [0.5, 0.6) is 0 Å². The summed E-state index contributed by atoms with van der Waals surface area (Å²) in [6.07, 6.45) is 1.71. The van der Waals surface area contributed by atoms with E-state index in [0.717, 1.165) is 0 Å². The van der Waals surface area contributed by atoms with Crippen molar-refractivity contribution < 1.29 is 0 Å². The molecule has 2 nitrogen and oxygen atoms in total. The number of hydrogen-bond acceptors (Lipinski definition) is 2. The Morgan fingerprint density at radius 1 is 0.905 bits per heavy atom. The summed E-state index contributed by atoms with van der Waals surface area (Å²) in [7, 11) is 2.25. The topological polar surface area (TPSA) is 6.48 Å². The van der Waals surface area contributed by atoms with Gasteiger partial charge in [0.1, 0.15) is 6.17 Å². The molecule has 0 radical (unpaired) electrons. The summed E-state index contributed by atoms with van der Waals surface area (Å²) in [5.74, 6) is 0. The molecule has 1 saturated carbocycles. The fourth-order valence-electron chi connectivity index (χ4n) is 5.00. The van der Waals surface area contributed by atoms with Gasteiger partial charge < -0.3 is 9.80 Å². The molecule has 3 aliphatic rings. The number of fused-ring (bicyclic) bond motifs is 8. The Kier molecular flexibility index (Phi) is 1.82. The number of para-hydroxylation sites is 3. The highest BCUT2D eigenvalue weighted by atomic mass is 15.4. The zero-order valence-corrected chi connectivity index (χ0v) is 12.8. The van der Waals surface area contributed by atoms with E-state index in [1.807, 2.05) is 0 Å². The molecule has 0 bridgehead atoms. The molecule has 2 heteroatoms. The van der Waals surface area contributed by atoms with Gasteiger partial charge in [-0.1, -0.05) is 44.2 Å². The Labute approximate surface area is 126 Å². The van der Waals surface area contributed by atoms with Crippen LogP contribution in [-0.4, -0.2) is 13.2 Å². The minimum absolute atomic E-state index is 0.320. The van der Waals surface area contributed by atoms with Gasteiger partial charge in [-0.3, -0.25) is 0 Å². The molecule has 3 atom stereocenters. The van der Waals surface area contributed by atoms with E-state index < -0.39 is 0 Å². The lowest BCUT2D eigenvalue weighted by molar-refractivity contribution is 0.365. The maximum atomic E-state index is 2.57. The molecule has 5 rings (SSSR count). The molecule has 0 saturated heterocycles. The third-order valence-electron chi connectivity index (χ3n) is 6.32. The van der Waals surface area contributed by atoms with E-state index in [-0.39, 0.29) is 0 Å². The lowest BCUT2D eigenvalue weighted by Gasteiger charge is -2.43. The highest BCUT2D eigenvalue weighted by Gasteiger charge is 2.72. The maximum absolute atomic E-state index is 2.57. The standard InChI is InChI=1S/C19H20N2/c1-18-12-19(18,2)17-20(3)15-10-6-7-11-16(15)21(17)14-9-5-4-8-13(14)18/h4-11,17H,12H2,1-3H3/t17?,18?,19-/m0/s1. The average Bonchev–Trinajstić information content (AvgIpc) is 2.95. The van der Waals surface area contributed by atoms with E-state index >= 15 is 0 Å². The summed E-state index contributed by atoms with van der Waals surface area (Å²) in [6.45, 7) is 4.91. The first kappa shape index (κ1) is 11.7. The van der Waals surface area contributed by atoms with Crippen molar-refractivity contribution in [2.75, 3.05) is 16.8 Å². The van der Waals surface area contributed by atoms with E-state index in [1.165, 1.54) is 29.0 Å². The lowest BCUT2D eigenvalue weighted by Crippen LogP contribution is -2.50. The molecule has 0 aromatic heterocycles. The summed E-state index contributed by atoms with van der Waals surface area (Å²) < 4.78 is 0. The van der Waals surface area contributed by atoms with Crippen molar-refractivity contribution in [1.29, 1.82) is 0 Å². The van der Waals surface area contributed by atoms with Crippen LogP contribution >= 0.6 is 0 Å². The first-order valence-electron chi connectivity index (χ1n) is 7.78. The normalized spacial score (nSPS) is 34.9. The predicted molar refractivity (Wildman–Crippen MR) is 87.3 cm³/mol. The van der Waals surface area contributed by atoms with Gasteiger partial charge >= 0.3 is 0 Å². The van der Waals surface area contributed by atoms with Crippen LogP contribution in [0, 0.1) is 5.41 Å². The van der Waals surface area contributed by atoms with E-state index in [4.69, 9.17) is 0 Å². The van der Waals surface area contributed by atoms with Crippen LogP contribution < -0.4 is 9.80 Å². The monoisotopic (exact) mass is 276 g/mol. The molecule has 2 unspecified atom stereocenters. The van der Waals surface area contributed by atoms with Gasteiger partial charge in [-0.15, -0.1) is 0 Å². The van der Waals surface area contributed by atoms with Gasteiger partial charge in [0.05, 0.1) is 11.4 Å². The summed E-state index contributed by atoms with van der Waals surface area (Å²) in [5.41, 5.74) is 6.28. The van der Waals surface area contributed by atoms with Gasteiger partial charge in [0, 0.05) is 23.6 Å². The summed E-state index contributed by atoms with van der Waals surface area (Å²) >= 11 is 0. The van der Waals surface area contributed by atoms with Crippen molar-refractivity contribution in [3.05, 3.63) is 54.1 Å². The molecule has 106 valence electrons. The number of hydrogen-bond donors (Lipinski definition) is 0. The molecule has 2 aromatic rings. The van der Waals surface area contributed by atoms with Crippen molar-refractivity contribution in [3.63, 3.8) is 0 Å². The fraction of sp³-hybridized carbons (Fsp3) is 0.368. The molecule has 2 aliphatic heterocycles. The van der Waals surface area contributed by atoms with Crippen molar-refractivity contribution in [2.45, 2.75) is 31.8 Å². The molecule has 2 aromatic carbocycles. The van der Waals surface area contributed by atoms with Gasteiger partial charge in [-0.2, -0.15) is 0 Å². The Morgan fingerprint density at radius 3 is 2.29 bits per heavy atom. The highest BCUT2D eigenvalue weighted by Crippen LogP contribution is 2.74. The van der Waals surface area contributed by atoms with E-state index in [2.05, 4.69) is 79.2 Å². The predicted octanol–water partition coefficient (Wildman–Crippen LogP) is 4.28. The summed E-state index contributed by atoms with van der Waals surface area (Å²) in [5, 5.41) is 0. The van der Waals surface area contributed by atoms with Crippen molar-refractivity contribution in [2.24, 2.45) is 5.41 Å². The van der Waals surface area contributed by atoms with Crippen molar-refractivity contribution in [1.82, 2.24) is 0 Å². The average molecular weight is 276 g/mol. The zero-order valence-electron chi connectivity index (χ0n) is 12.8. The summed E-state index contributed by atoms with van der Waals surface area (Å²) in [6, 6.07) is 17.8. The number of benzene rings is 2. The molecule has 1 fully saturated rings. The molecule has 0 N–H and O–H groups in total. The molecule has 2 heterocycles. The van der Waals surface area contributed by atoms with Crippen molar-refractivity contribution in [3.8, 4) is 0 Å². The molecule has 1 aliphatic carbocycles. The Balaban J connectivity index is 1.84. The molecular weight excluding hydrogens is 256 g/mol. The van der Waals surface area contributed by atoms with Gasteiger partial charge in [0.2, 0.25) is 0 Å². The minimum Gasteiger partial charge on any atom is -0.352 e. The van der Waals surface area contributed by atoms with Gasteiger partial charge in [0.15, 0.2) is 0 Å². The van der Waals surface area contributed by atoms with Gasteiger partial charge in [-0.05, 0) is 30.2 Å². The van der Waals surface area contributed by atoms with Crippen LogP contribution in [0.25, 0.3) is 0 Å². The second kappa shape index (κ2) is 3.27. The van der Waals surface area contributed by atoms with Gasteiger partial charge in [0.25, 0.3) is 0 Å².